The van der Waals surface area contributed by atoms with Crippen molar-refractivity contribution < 1.29 is 14.3 Å². The Kier molecular flexibility index (Phi) is 5.69. The first-order valence-corrected chi connectivity index (χ1v) is 7.58. The van der Waals surface area contributed by atoms with Crippen LogP contribution in [0.1, 0.15) is 51.3 Å². The number of nitrogens with one attached hydrogen (secondary N) is 1. The molecule has 1 unspecified atom stereocenters. The molecule has 1 fully saturated rings. The molecule has 1 aliphatic heterocycles. The van der Waals surface area contributed by atoms with Gasteiger partial charge in [-0.3, -0.25) is 15.0 Å². The highest BCUT2D eigenvalue weighted by Crippen LogP contribution is 2.19. The average Bonchev–Trinajstić information content (AvgIpc) is 2.90. The zero-order valence-electron chi connectivity index (χ0n) is 12.7. The molecule has 7 heteroatoms. The van der Waals surface area contributed by atoms with Gasteiger partial charge in [0.1, 0.15) is 0 Å². The SMILES string of the molecule is CC(C)c1nnc(NC(=O)CN2CCCCC2CCO)o1. The summed E-state index contributed by atoms with van der Waals surface area (Å²) >= 11 is 0. The van der Waals surface area contributed by atoms with Crippen molar-refractivity contribution in [1.82, 2.24) is 15.1 Å². The molecule has 21 heavy (non-hydrogen) atoms. The minimum atomic E-state index is -0.154. The number of hydrogen-bond acceptors (Lipinski definition) is 6. The molecule has 2 heterocycles. The summed E-state index contributed by atoms with van der Waals surface area (Å²) in [6, 6.07) is 0.433. The van der Waals surface area contributed by atoms with E-state index >= 15 is 0 Å². The lowest BCUT2D eigenvalue weighted by Gasteiger charge is -2.34. The van der Waals surface area contributed by atoms with Gasteiger partial charge in [-0.05, 0) is 25.8 Å². The summed E-state index contributed by atoms with van der Waals surface area (Å²) in [5.41, 5.74) is 0. The van der Waals surface area contributed by atoms with Crippen LogP contribution < -0.4 is 5.32 Å². The second-order valence-corrected chi connectivity index (χ2v) is 5.78. The van der Waals surface area contributed by atoms with Crippen LogP contribution in [0.4, 0.5) is 6.01 Å². The first kappa shape index (κ1) is 15.9. The van der Waals surface area contributed by atoms with Gasteiger partial charge in [0.05, 0.1) is 6.54 Å². The molecule has 7 nitrogen and oxygen atoms in total. The molecule has 0 radical (unpaired) electrons. The fourth-order valence-electron chi connectivity index (χ4n) is 2.61. The maximum absolute atomic E-state index is 12.1. The molecule has 1 aromatic heterocycles. The Labute approximate surface area is 124 Å². The van der Waals surface area contributed by atoms with Gasteiger partial charge in [0, 0.05) is 18.6 Å². The van der Waals surface area contributed by atoms with E-state index in [0.29, 0.717) is 18.9 Å². The summed E-state index contributed by atoms with van der Waals surface area (Å²) in [6.45, 7) is 5.24. The van der Waals surface area contributed by atoms with Crippen molar-refractivity contribution >= 4 is 11.9 Å². The van der Waals surface area contributed by atoms with Crippen LogP contribution in [0.15, 0.2) is 4.42 Å². The number of aromatic nitrogens is 2. The molecule has 1 atom stereocenters. The lowest BCUT2D eigenvalue weighted by molar-refractivity contribution is -0.118. The molecule has 1 saturated heterocycles. The van der Waals surface area contributed by atoms with Crippen molar-refractivity contribution in [3.05, 3.63) is 5.89 Å². The molecule has 1 amide bonds. The predicted molar refractivity (Wildman–Crippen MR) is 77.9 cm³/mol. The lowest BCUT2D eigenvalue weighted by atomic mass is 10.00. The van der Waals surface area contributed by atoms with E-state index < -0.39 is 0 Å². The monoisotopic (exact) mass is 296 g/mol. The minimum Gasteiger partial charge on any atom is -0.408 e. The van der Waals surface area contributed by atoms with Crippen LogP contribution in [0.5, 0.6) is 0 Å². The summed E-state index contributed by atoms with van der Waals surface area (Å²) in [7, 11) is 0. The fraction of sp³-hybridized carbons (Fsp3) is 0.786. The van der Waals surface area contributed by atoms with Crippen LogP contribution in [0.25, 0.3) is 0 Å². The summed E-state index contributed by atoms with van der Waals surface area (Å²) in [5.74, 6) is 0.499. The Morgan fingerprint density at radius 3 is 2.95 bits per heavy atom. The lowest BCUT2D eigenvalue weighted by Crippen LogP contribution is -2.44. The Hall–Kier alpha value is -1.47. The zero-order chi connectivity index (χ0) is 15.2. The first-order valence-electron chi connectivity index (χ1n) is 7.58. The topological polar surface area (TPSA) is 91.5 Å². The van der Waals surface area contributed by atoms with Gasteiger partial charge in [-0.2, -0.15) is 0 Å². The first-order chi connectivity index (χ1) is 10.1. The van der Waals surface area contributed by atoms with Gasteiger partial charge >= 0.3 is 6.01 Å². The quantitative estimate of drug-likeness (QED) is 0.824. The van der Waals surface area contributed by atoms with Crippen molar-refractivity contribution in [1.29, 1.82) is 0 Å². The van der Waals surface area contributed by atoms with Crippen molar-refractivity contribution in [3.63, 3.8) is 0 Å². The number of piperidine rings is 1. The molecule has 0 aromatic carbocycles. The number of likely N-dealkylation sites (tertiary alicyclic amines) is 1. The molecule has 118 valence electrons. The van der Waals surface area contributed by atoms with Gasteiger partial charge in [0.25, 0.3) is 0 Å². The molecule has 2 N–H and O–H groups in total. The van der Waals surface area contributed by atoms with Crippen LogP contribution >= 0.6 is 0 Å². The number of aliphatic hydroxyl groups excluding tert-OH is 1. The van der Waals surface area contributed by atoms with Gasteiger partial charge in [0.2, 0.25) is 11.8 Å². The van der Waals surface area contributed by atoms with E-state index in [-0.39, 0.29) is 30.5 Å². The van der Waals surface area contributed by atoms with E-state index in [4.69, 9.17) is 9.52 Å². The summed E-state index contributed by atoms with van der Waals surface area (Å²) in [4.78, 5) is 14.2. The van der Waals surface area contributed by atoms with E-state index in [2.05, 4.69) is 20.4 Å². The third-order valence-electron chi connectivity index (χ3n) is 3.74. The van der Waals surface area contributed by atoms with Crippen LogP contribution in [0, 0.1) is 0 Å². The third-order valence-corrected chi connectivity index (χ3v) is 3.74. The molecule has 0 spiro atoms. The third kappa shape index (κ3) is 4.50. The second-order valence-electron chi connectivity index (χ2n) is 5.78. The molecule has 0 saturated carbocycles. The Balaban J connectivity index is 1.87. The van der Waals surface area contributed by atoms with Crippen LogP contribution in [0.2, 0.25) is 0 Å². The van der Waals surface area contributed by atoms with E-state index in [0.717, 1.165) is 25.8 Å². The summed E-state index contributed by atoms with van der Waals surface area (Å²) in [6.07, 6.45) is 3.99. The number of rotatable bonds is 6. The smallest absolute Gasteiger partial charge is 0.322 e. The van der Waals surface area contributed by atoms with Crippen molar-refractivity contribution in [2.75, 3.05) is 25.0 Å². The maximum atomic E-state index is 12.1. The Bertz CT molecular complexity index is 459. The largest absolute Gasteiger partial charge is 0.408 e. The number of aliphatic hydroxyl groups is 1. The highest BCUT2D eigenvalue weighted by Gasteiger charge is 2.24. The fourth-order valence-corrected chi connectivity index (χ4v) is 2.61. The normalized spacial score (nSPS) is 19.9. The zero-order valence-corrected chi connectivity index (χ0v) is 12.7. The molecule has 1 aliphatic rings. The number of amides is 1. The van der Waals surface area contributed by atoms with Gasteiger partial charge in [-0.25, -0.2) is 0 Å². The van der Waals surface area contributed by atoms with E-state index in [9.17, 15) is 4.79 Å². The minimum absolute atomic E-state index is 0.138. The van der Waals surface area contributed by atoms with Gasteiger partial charge in [0.15, 0.2) is 0 Å². The molecule has 1 aromatic rings. The van der Waals surface area contributed by atoms with Crippen LogP contribution in [-0.4, -0.2) is 51.8 Å². The average molecular weight is 296 g/mol. The summed E-state index contributed by atoms with van der Waals surface area (Å²) < 4.78 is 5.37. The highest BCUT2D eigenvalue weighted by molar-refractivity contribution is 5.90. The van der Waals surface area contributed by atoms with Crippen molar-refractivity contribution in [2.45, 2.75) is 51.5 Å². The van der Waals surface area contributed by atoms with Crippen molar-refractivity contribution in [2.24, 2.45) is 0 Å². The standard InChI is InChI=1S/C14H24N4O3/c1-10(2)13-16-17-14(21-13)15-12(20)9-18-7-4-3-5-11(18)6-8-19/h10-11,19H,3-9H2,1-2H3,(H,15,17,20). The molecule has 0 bridgehead atoms. The van der Waals surface area contributed by atoms with E-state index in [1.165, 1.54) is 0 Å². The van der Waals surface area contributed by atoms with Gasteiger partial charge in [-0.15, -0.1) is 5.10 Å². The number of hydrogen-bond donors (Lipinski definition) is 2. The molecular formula is C14H24N4O3. The Morgan fingerprint density at radius 2 is 2.29 bits per heavy atom. The number of carbonyl (C=O) groups is 1. The number of nitrogens with zero attached hydrogens (tertiary/aromatic N) is 3. The highest BCUT2D eigenvalue weighted by atomic mass is 16.4. The summed E-state index contributed by atoms with van der Waals surface area (Å²) in [5, 5.41) is 19.4. The van der Waals surface area contributed by atoms with Gasteiger partial charge in [-0.1, -0.05) is 25.4 Å². The van der Waals surface area contributed by atoms with E-state index in [1.807, 2.05) is 13.8 Å². The van der Waals surface area contributed by atoms with Gasteiger partial charge < -0.3 is 9.52 Å². The second kappa shape index (κ2) is 7.51. The molecular weight excluding hydrogens is 272 g/mol. The van der Waals surface area contributed by atoms with Crippen molar-refractivity contribution in [3.8, 4) is 0 Å². The molecule has 2 rings (SSSR count). The predicted octanol–water partition coefficient (Wildman–Crippen LogP) is 1.37. The Morgan fingerprint density at radius 1 is 1.48 bits per heavy atom. The maximum Gasteiger partial charge on any atom is 0.322 e. The molecule has 0 aliphatic carbocycles. The van der Waals surface area contributed by atoms with Crippen LogP contribution in [0.3, 0.4) is 0 Å². The number of carbonyl (C=O) groups excluding carboxylic acids is 1. The van der Waals surface area contributed by atoms with Crippen LogP contribution in [-0.2, 0) is 4.79 Å². The van der Waals surface area contributed by atoms with E-state index in [1.54, 1.807) is 0 Å². The number of anilines is 1.